The number of carboxylic acids is 1. The van der Waals surface area contributed by atoms with Crippen molar-refractivity contribution >= 4 is 17.6 Å². The minimum atomic E-state index is -1.37. The lowest BCUT2D eigenvalue weighted by Crippen LogP contribution is -2.21. The minimum absolute atomic E-state index is 0.0294. The van der Waals surface area contributed by atoms with E-state index in [1.54, 1.807) is 0 Å². The van der Waals surface area contributed by atoms with Gasteiger partial charge in [0.05, 0.1) is 5.56 Å². The van der Waals surface area contributed by atoms with Crippen LogP contribution < -0.4 is 5.32 Å². The van der Waals surface area contributed by atoms with Crippen LogP contribution in [0.2, 0.25) is 0 Å². The van der Waals surface area contributed by atoms with Crippen molar-refractivity contribution in [1.29, 1.82) is 0 Å². The maximum Gasteiger partial charge on any atom is 0.338 e. The molecular weight excluding hydrogens is 345 g/mol. The van der Waals surface area contributed by atoms with Gasteiger partial charge >= 0.3 is 5.97 Å². The van der Waals surface area contributed by atoms with Crippen LogP contribution >= 0.6 is 0 Å². The Labute approximate surface area is 159 Å². The van der Waals surface area contributed by atoms with E-state index in [-0.39, 0.29) is 16.4 Å². The highest BCUT2D eigenvalue weighted by molar-refractivity contribution is 6.05. The maximum absolute atomic E-state index is 13.9. The molecule has 2 N–H and O–H groups in total. The molecule has 0 fully saturated rings. The van der Waals surface area contributed by atoms with Gasteiger partial charge in [-0.25, -0.2) is 9.18 Å². The molecule has 0 unspecified atom stereocenters. The second-order valence-electron chi connectivity index (χ2n) is 8.71. The van der Waals surface area contributed by atoms with Gasteiger partial charge in [0.15, 0.2) is 0 Å². The molecule has 2 aromatic carbocycles. The summed E-state index contributed by atoms with van der Waals surface area (Å²) in [6.07, 6.45) is 0. The van der Waals surface area contributed by atoms with Crippen molar-refractivity contribution < 1.29 is 19.1 Å². The number of hydrogen-bond donors (Lipinski definition) is 2. The Bertz CT molecular complexity index is 889. The van der Waals surface area contributed by atoms with Crippen LogP contribution in [-0.2, 0) is 10.8 Å². The average molecular weight is 371 g/mol. The summed E-state index contributed by atoms with van der Waals surface area (Å²) in [5, 5.41) is 11.7. The summed E-state index contributed by atoms with van der Waals surface area (Å²) in [4.78, 5) is 23.5. The van der Waals surface area contributed by atoms with Crippen LogP contribution in [0.15, 0.2) is 36.4 Å². The van der Waals surface area contributed by atoms with Gasteiger partial charge in [-0.3, -0.25) is 4.79 Å². The standard InChI is InChI=1S/C22H26FNO3/c1-21(2,3)14-8-10-18(16(12-14)22(4,5)6)24-19(25)13-7-9-15(20(26)27)17(23)11-13/h7-12H,1-6H3,(H,24,25)(H,26,27). The van der Waals surface area contributed by atoms with E-state index < -0.39 is 23.3 Å². The highest BCUT2D eigenvalue weighted by atomic mass is 19.1. The average Bonchev–Trinajstić information content (AvgIpc) is 2.52. The van der Waals surface area contributed by atoms with E-state index in [0.717, 1.165) is 23.3 Å². The Morgan fingerprint density at radius 3 is 2.04 bits per heavy atom. The summed E-state index contributed by atoms with van der Waals surface area (Å²) in [6, 6.07) is 9.27. The van der Waals surface area contributed by atoms with Gasteiger partial charge in [0, 0.05) is 11.3 Å². The minimum Gasteiger partial charge on any atom is -0.478 e. The predicted octanol–water partition coefficient (Wildman–Crippen LogP) is 5.37. The van der Waals surface area contributed by atoms with Crippen molar-refractivity contribution in [3.63, 3.8) is 0 Å². The molecule has 0 aliphatic heterocycles. The molecule has 27 heavy (non-hydrogen) atoms. The van der Waals surface area contributed by atoms with Gasteiger partial charge in [-0.2, -0.15) is 0 Å². The molecule has 2 rings (SSSR count). The number of aromatic carboxylic acids is 1. The highest BCUT2D eigenvalue weighted by Gasteiger charge is 2.23. The van der Waals surface area contributed by atoms with Crippen molar-refractivity contribution in [3.8, 4) is 0 Å². The zero-order chi connectivity index (χ0) is 20.6. The Morgan fingerprint density at radius 2 is 1.56 bits per heavy atom. The second kappa shape index (κ2) is 7.14. The Morgan fingerprint density at radius 1 is 0.926 bits per heavy atom. The molecule has 0 saturated carbocycles. The fourth-order valence-electron chi connectivity index (χ4n) is 2.76. The van der Waals surface area contributed by atoms with E-state index in [2.05, 4.69) is 52.9 Å². The van der Waals surface area contributed by atoms with Crippen LogP contribution in [0.5, 0.6) is 0 Å². The Kier molecular flexibility index (Phi) is 5.45. The van der Waals surface area contributed by atoms with Gasteiger partial charge in [-0.1, -0.05) is 53.7 Å². The molecular formula is C22H26FNO3. The number of carbonyl (C=O) groups is 2. The predicted molar refractivity (Wildman–Crippen MR) is 105 cm³/mol. The summed E-state index contributed by atoms with van der Waals surface area (Å²) >= 11 is 0. The fourth-order valence-corrected chi connectivity index (χ4v) is 2.76. The normalized spacial score (nSPS) is 12.0. The quantitative estimate of drug-likeness (QED) is 0.762. The molecule has 0 atom stereocenters. The number of halogens is 1. The SMILES string of the molecule is CC(C)(C)c1ccc(NC(=O)c2ccc(C(=O)O)c(F)c2)c(C(C)(C)C)c1. The van der Waals surface area contributed by atoms with Gasteiger partial charge in [-0.05, 0) is 46.2 Å². The molecule has 0 heterocycles. The lowest BCUT2D eigenvalue weighted by molar-refractivity contribution is 0.0691. The van der Waals surface area contributed by atoms with Crippen molar-refractivity contribution in [1.82, 2.24) is 0 Å². The first-order valence-corrected chi connectivity index (χ1v) is 8.80. The van der Waals surface area contributed by atoms with E-state index in [4.69, 9.17) is 5.11 Å². The van der Waals surface area contributed by atoms with Gasteiger partial charge in [0.2, 0.25) is 0 Å². The largest absolute Gasteiger partial charge is 0.478 e. The summed E-state index contributed by atoms with van der Waals surface area (Å²) in [7, 11) is 0. The molecule has 2 aromatic rings. The van der Waals surface area contributed by atoms with Crippen LogP contribution in [0.25, 0.3) is 0 Å². The van der Waals surface area contributed by atoms with Crippen LogP contribution in [0.4, 0.5) is 10.1 Å². The lowest BCUT2D eigenvalue weighted by Gasteiger charge is -2.27. The van der Waals surface area contributed by atoms with Gasteiger partial charge in [-0.15, -0.1) is 0 Å². The third-order valence-electron chi connectivity index (χ3n) is 4.40. The van der Waals surface area contributed by atoms with Crippen molar-refractivity contribution in [3.05, 3.63) is 64.5 Å². The third kappa shape index (κ3) is 4.73. The number of amides is 1. The smallest absolute Gasteiger partial charge is 0.338 e. The topological polar surface area (TPSA) is 66.4 Å². The van der Waals surface area contributed by atoms with E-state index in [1.807, 2.05) is 12.1 Å². The molecule has 5 heteroatoms. The zero-order valence-corrected chi connectivity index (χ0v) is 16.6. The third-order valence-corrected chi connectivity index (χ3v) is 4.40. The Hall–Kier alpha value is -2.69. The molecule has 144 valence electrons. The number of nitrogens with one attached hydrogen (secondary N) is 1. The van der Waals surface area contributed by atoms with Crippen molar-refractivity contribution in [2.45, 2.75) is 52.4 Å². The van der Waals surface area contributed by atoms with E-state index >= 15 is 0 Å². The first-order valence-electron chi connectivity index (χ1n) is 8.80. The van der Waals surface area contributed by atoms with Crippen LogP contribution in [-0.4, -0.2) is 17.0 Å². The molecule has 0 saturated heterocycles. The summed E-state index contributed by atoms with van der Waals surface area (Å²) in [5.74, 6) is -2.79. The van der Waals surface area contributed by atoms with Crippen LogP contribution in [0.3, 0.4) is 0 Å². The lowest BCUT2D eigenvalue weighted by atomic mass is 9.80. The molecule has 0 aromatic heterocycles. The summed E-state index contributed by atoms with van der Waals surface area (Å²) < 4.78 is 13.9. The molecule has 0 radical (unpaired) electrons. The number of rotatable bonds is 3. The summed E-state index contributed by atoms with van der Waals surface area (Å²) in [6.45, 7) is 12.6. The number of benzene rings is 2. The molecule has 0 aliphatic carbocycles. The number of hydrogen-bond acceptors (Lipinski definition) is 2. The highest BCUT2D eigenvalue weighted by Crippen LogP contribution is 2.34. The fraction of sp³-hybridized carbons (Fsp3) is 0.364. The molecule has 0 aliphatic rings. The first-order chi connectivity index (χ1) is 12.3. The first kappa shape index (κ1) is 20.6. The zero-order valence-electron chi connectivity index (χ0n) is 16.6. The monoisotopic (exact) mass is 371 g/mol. The van der Waals surface area contributed by atoms with Gasteiger partial charge in [0.25, 0.3) is 5.91 Å². The van der Waals surface area contributed by atoms with E-state index in [1.165, 1.54) is 6.07 Å². The van der Waals surface area contributed by atoms with Crippen LogP contribution in [0, 0.1) is 5.82 Å². The molecule has 1 amide bonds. The van der Waals surface area contributed by atoms with Gasteiger partial charge in [0.1, 0.15) is 5.82 Å². The van der Waals surface area contributed by atoms with E-state index in [0.29, 0.717) is 5.69 Å². The second-order valence-corrected chi connectivity index (χ2v) is 8.71. The van der Waals surface area contributed by atoms with Crippen molar-refractivity contribution in [2.75, 3.05) is 5.32 Å². The summed E-state index contributed by atoms with van der Waals surface area (Å²) in [5.41, 5.74) is 2.16. The number of carboxylic acid groups (broad SMARTS) is 1. The maximum atomic E-state index is 13.9. The van der Waals surface area contributed by atoms with Gasteiger partial charge < -0.3 is 10.4 Å². The number of anilines is 1. The number of carbonyl (C=O) groups excluding carboxylic acids is 1. The van der Waals surface area contributed by atoms with Crippen molar-refractivity contribution in [2.24, 2.45) is 0 Å². The molecule has 0 bridgehead atoms. The van der Waals surface area contributed by atoms with E-state index in [9.17, 15) is 14.0 Å². The molecule has 4 nitrogen and oxygen atoms in total. The Balaban J connectivity index is 2.40. The van der Waals surface area contributed by atoms with Crippen LogP contribution in [0.1, 0.15) is 73.4 Å². The molecule has 0 spiro atoms.